The van der Waals surface area contributed by atoms with Crippen LogP contribution in [0.1, 0.15) is 28.4 Å². The van der Waals surface area contributed by atoms with Gasteiger partial charge in [0.25, 0.3) is 15.9 Å². The Hall–Kier alpha value is -2.54. The number of nitrogens with zero attached hydrogens (tertiary/aromatic N) is 1. The van der Waals surface area contributed by atoms with Crippen LogP contribution in [0, 0.1) is 0 Å². The number of amides is 1. The Labute approximate surface area is 191 Å². The number of carbonyl (C=O) groups excluding carboxylic acids is 1. The molecule has 1 atom stereocenters. The fourth-order valence-electron chi connectivity index (χ4n) is 3.76. The summed E-state index contributed by atoms with van der Waals surface area (Å²) < 4.78 is 28.2. The summed E-state index contributed by atoms with van der Waals surface area (Å²) in [6.07, 6.45) is 0.650. The number of hydrogen-bond acceptors (Lipinski definition) is 3. The second kappa shape index (κ2) is 8.54. The highest BCUT2D eigenvalue weighted by Crippen LogP contribution is 2.36. The van der Waals surface area contributed by atoms with Crippen molar-refractivity contribution in [3.8, 4) is 0 Å². The molecule has 5 nitrogen and oxygen atoms in total. The maximum Gasteiger partial charge on any atom is 0.264 e. The lowest BCUT2D eigenvalue weighted by Gasteiger charge is -2.24. The molecule has 0 saturated heterocycles. The van der Waals surface area contributed by atoms with E-state index in [4.69, 9.17) is 23.2 Å². The highest BCUT2D eigenvalue weighted by Gasteiger charge is 2.36. The molecular weight excluding hydrogens is 455 g/mol. The predicted molar refractivity (Wildman–Crippen MR) is 123 cm³/mol. The summed E-state index contributed by atoms with van der Waals surface area (Å²) in [6, 6.07) is 18.4. The number of rotatable bonds is 5. The fourth-order valence-corrected chi connectivity index (χ4v) is 5.97. The molecule has 4 rings (SSSR count). The quantitative estimate of drug-likeness (QED) is 0.561. The SMILES string of the molecule is C[C@@H]1Cc2ccccc2N1S(=O)(=O)c1cccc(C(=O)NCc2ccc(Cl)cc2Cl)c1. The van der Waals surface area contributed by atoms with E-state index in [1.54, 1.807) is 30.3 Å². The molecular formula is C23H20Cl2N2O3S. The minimum Gasteiger partial charge on any atom is -0.348 e. The van der Waals surface area contributed by atoms with Gasteiger partial charge in [-0.3, -0.25) is 9.10 Å². The molecule has 0 spiro atoms. The molecule has 0 saturated carbocycles. The zero-order valence-electron chi connectivity index (χ0n) is 16.7. The van der Waals surface area contributed by atoms with Gasteiger partial charge < -0.3 is 5.32 Å². The molecule has 1 aliphatic rings. The first kappa shape index (κ1) is 21.7. The maximum absolute atomic E-state index is 13.4. The van der Waals surface area contributed by atoms with Crippen LogP contribution in [0.5, 0.6) is 0 Å². The van der Waals surface area contributed by atoms with Crippen molar-refractivity contribution >= 4 is 44.8 Å². The zero-order valence-corrected chi connectivity index (χ0v) is 19.0. The summed E-state index contributed by atoms with van der Waals surface area (Å²) in [4.78, 5) is 12.7. The first-order valence-electron chi connectivity index (χ1n) is 9.72. The number of hydrogen-bond donors (Lipinski definition) is 1. The second-order valence-corrected chi connectivity index (χ2v) is 10.1. The van der Waals surface area contributed by atoms with Crippen molar-refractivity contribution in [2.45, 2.75) is 30.8 Å². The van der Waals surface area contributed by atoms with Gasteiger partial charge in [0.15, 0.2) is 0 Å². The van der Waals surface area contributed by atoms with Crippen LogP contribution in [0.3, 0.4) is 0 Å². The Morgan fingerprint density at radius 1 is 1.06 bits per heavy atom. The van der Waals surface area contributed by atoms with E-state index in [2.05, 4.69) is 5.32 Å². The van der Waals surface area contributed by atoms with Gasteiger partial charge in [0, 0.05) is 28.2 Å². The van der Waals surface area contributed by atoms with Crippen LogP contribution in [-0.4, -0.2) is 20.4 Å². The monoisotopic (exact) mass is 474 g/mol. The van der Waals surface area contributed by atoms with E-state index < -0.39 is 15.9 Å². The number of halogens is 2. The number of sulfonamides is 1. The summed E-state index contributed by atoms with van der Waals surface area (Å²) in [6.45, 7) is 2.08. The zero-order chi connectivity index (χ0) is 22.2. The number of fused-ring (bicyclic) bond motifs is 1. The molecule has 31 heavy (non-hydrogen) atoms. The first-order chi connectivity index (χ1) is 14.8. The van der Waals surface area contributed by atoms with Crippen LogP contribution in [0.2, 0.25) is 10.0 Å². The molecule has 0 unspecified atom stereocenters. The van der Waals surface area contributed by atoms with Crippen molar-refractivity contribution in [1.82, 2.24) is 5.32 Å². The molecule has 1 aliphatic heterocycles. The van der Waals surface area contributed by atoms with Crippen molar-refractivity contribution in [2.24, 2.45) is 0 Å². The third-order valence-corrected chi connectivity index (χ3v) is 7.76. The maximum atomic E-state index is 13.4. The Bertz CT molecular complexity index is 1260. The van der Waals surface area contributed by atoms with Crippen LogP contribution in [0.4, 0.5) is 5.69 Å². The Morgan fingerprint density at radius 2 is 1.84 bits per heavy atom. The summed E-state index contributed by atoms with van der Waals surface area (Å²) in [5, 5.41) is 3.73. The van der Waals surface area contributed by atoms with E-state index in [9.17, 15) is 13.2 Å². The van der Waals surface area contributed by atoms with Crippen molar-refractivity contribution < 1.29 is 13.2 Å². The average molecular weight is 475 g/mol. The molecule has 160 valence electrons. The minimum absolute atomic E-state index is 0.0771. The van der Waals surface area contributed by atoms with Crippen LogP contribution in [0.25, 0.3) is 0 Å². The molecule has 3 aromatic carbocycles. The predicted octanol–water partition coefficient (Wildman–Crippen LogP) is 5.06. The molecule has 1 N–H and O–H groups in total. The lowest BCUT2D eigenvalue weighted by Crippen LogP contribution is -2.35. The van der Waals surface area contributed by atoms with E-state index in [1.807, 2.05) is 31.2 Å². The van der Waals surface area contributed by atoms with Gasteiger partial charge in [-0.1, -0.05) is 53.5 Å². The molecule has 0 radical (unpaired) electrons. The summed E-state index contributed by atoms with van der Waals surface area (Å²) in [5.41, 5.74) is 2.64. The van der Waals surface area contributed by atoms with E-state index in [-0.39, 0.29) is 23.0 Å². The number of benzene rings is 3. The summed E-state index contributed by atoms with van der Waals surface area (Å²) in [5.74, 6) is -0.391. The van der Waals surface area contributed by atoms with Gasteiger partial charge in [-0.25, -0.2) is 8.42 Å². The standard InChI is InChI=1S/C23H20Cl2N2O3S/c1-15-11-16-5-2-3-8-22(16)27(15)31(29,30)20-7-4-6-17(12-20)23(28)26-14-18-9-10-19(24)13-21(18)25/h2-10,12-13,15H,11,14H2,1H3,(H,26,28)/t15-/m1/s1. The lowest BCUT2D eigenvalue weighted by atomic mass is 10.1. The van der Waals surface area contributed by atoms with Gasteiger partial charge in [0.05, 0.1) is 10.6 Å². The molecule has 0 bridgehead atoms. The lowest BCUT2D eigenvalue weighted by molar-refractivity contribution is 0.0950. The first-order valence-corrected chi connectivity index (χ1v) is 11.9. The van der Waals surface area contributed by atoms with Crippen molar-refractivity contribution in [3.63, 3.8) is 0 Å². The summed E-state index contributed by atoms with van der Waals surface area (Å²) >= 11 is 12.0. The van der Waals surface area contributed by atoms with Crippen LogP contribution < -0.4 is 9.62 Å². The number of nitrogens with one attached hydrogen (secondary N) is 1. The topological polar surface area (TPSA) is 66.5 Å². The number of para-hydroxylation sites is 1. The largest absolute Gasteiger partial charge is 0.348 e. The van der Waals surface area contributed by atoms with Gasteiger partial charge in [0.1, 0.15) is 0 Å². The normalized spacial score (nSPS) is 15.6. The van der Waals surface area contributed by atoms with Crippen LogP contribution >= 0.6 is 23.2 Å². The van der Waals surface area contributed by atoms with Crippen LogP contribution in [0.15, 0.2) is 71.6 Å². The smallest absolute Gasteiger partial charge is 0.264 e. The van der Waals surface area contributed by atoms with Gasteiger partial charge in [-0.2, -0.15) is 0 Å². The van der Waals surface area contributed by atoms with Gasteiger partial charge in [-0.15, -0.1) is 0 Å². The molecule has 0 aromatic heterocycles. The number of anilines is 1. The molecule has 8 heteroatoms. The molecule has 0 aliphatic carbocycles. The van der Waals surface area contributed by atoms with Gasteiger partial charge in [0.2, 0.25) is 0 Å². The van der Waals surface area contributed by atoms with Gasteiger partial charge >= 0.3 is 0 Å². The molecule has 1 amide bonds. The van der Waals surface area contributed by atoms with E-state index in [0.717, 1.165) is 5.56 Å². The molecule has 1 heterocycles. The Kier molecular flexibility index (Phi) is 5.97. The third kappa shape index (κ3) is 4.28. The third-order valence-electron chi connectivity index (χ3n) is 5.25. The summed E-state index contributed by atoms with van der Waals surface area (Å²) in [7, 11) is -3.82. The second-order valence-electron chi connectivity index (χ2n) is 7.43. The highest BCUT2D eigenvalue weighted by molar-refractivity contribution is 7.92. The van der Waals surface area contributed by atoms with Crippen molar-refractivity contribution in [3.05, 3.63) is 93.5 Å². The molecule has 0 fully saturated rings. The minimum atomic E-state index is -3.82. The van der Waals surface area contributed by atoms with Crippen LogP contribution in [-0.2, 0) is 23.0 Å². The Balaban J connectivity index is 1.57. The van der Waals surface area contributed by atoms with Gasteiger partial charge in [-0.05, 0) is 60.9 Å². The van der Waals surface area contributed by atoms with E-state index in [1.165, 1.54) is 16.4 Å². The van der Waals surface area contributed by atoms with Crippen molar-refractivity contribution in [2.75, 3.05) is 4.31 Å². The van der Waals surface area contributed by atoms with E-state index >= 15 is 0 Å². The van der Waals surface area contributed by atoms with E-state index in [0.29, 0.717) is 27.7 Å². The molecule has 3 aromatic rings. The highest BCUT2D eigenvalue weighted by atomic mass is 35.5. The van der Waals surface area contributed by atoms with Crippen molar-refractivity contribution in [1.29, 1.82) is 0 Å². The average Bonchev–Trinajstić information content (AvgIpc) is 3.09. The fraction of sp³-hybridized carbons (Fsp3) is 0.174. The Morgan fingerprint density at radius 3 is 2.61 bits per heavy atom. The number of carbonyl (C=O) groups is 1.